The van der Waals surface area contributed by atoms with Gasteiger partial charge in [0.05, 0.1) is 17.3 Å². The molecule has 170 valence electrons. The van der Waals surface area contributed by atoms with Crippen molar-refractivity contribution in [2.75, 3.05) is 30.0 Å². The van der Waals surface area contributed by atoms with E-state index in [1.165, 1.54) is 0 Å². The summed E-state index contributed by atoms with van der Waals surface area (Å²) in [6, 6.07) is 21.5. The van der Waals surface area contributed by atoms with Gasteiger partial charge < -0.3 is 24.4 Å². The van der Waals surface area contributed by atoms with Gasteiger partial charge in [-0.3, -0.25) is 9.59 Å². The predicted molar refractivity (Wildman–Crippen MR) is 126 cm³/mol. The minimum absolute atomic E-state index is 0.176. The molecule has 3 aromatic rings. The molecule has 1 N–H and O–H groups in total. The summed E-state index contributed by atoms with van der Waals surface area (Å²) in [6.07, 6.45) is -0.612. The second kappa shape index (κ2) is 10.3. The van der Waals surface area contributed by atoms with Crippen molar-refractivity contribution in [1.29, 1.82) is 0 Å². The van der Waals surface area contributed by atoms with Crippen molar-refractivity contribution in [2.45, 2.75) is 13.0 Å². The topological polar surface area (TPSA) is 77.1 Å². The molecule has 8 heteroatoms. The van der Waals surface area contributed by atoms with Crippen LogP contribution in [-0.2, 0) is 9.59 Å². The maximum Gasteiger partial charge on any atom is 0.267 e. The lowest BCUT2D eigenvalue weighted by atomic mass is 10.1. The summed E-state index contributed by atoms with van der Waals surface area (Å²) in [5.74, 6) is 1.19. The summed E-state index contributed by atoms with van der Waals surface area (Å²) < 4.78 is 17.0. The van der Waals surface area contributed by atoms with Gasteiger partial charge in [0, 0.05) is 5.69 Å². The van der Waals surface area contributed by atoms with Gasteiger partial charge in [0.25, 0.3) is 11.8 Å². The quantitative estimate of drug-likeness (QED) is 0.527. The summed E-state index contributed by atoms with van der Waals surface area (Å²) in [5, 5.41) is 3.21. The number of rotatable bonds is 8. The third kappa shape index (κ3) is 5.56. The zero-order chi connectivity index (χ0) is 23.2. The summed E-state index contributed by atoms with van der Waals surface area (Å²) in [4.78, 5) is 26.8. The highest BCUT2D eigenvalue weighted by Gasteiger charge is 2.31. The first-order valence-corrected chi connectivity index (χ1v) is 10.9. The highest BCUT2D eigenvalue weighted by molar-refractivity contribution is 6.32. The van der Waals surface area contributed by atoms with Crippen LogP contribution < -0.4 is 24.4 Å². The SMILES string of the molecule is CC1Oc2ccc(NC(=O)COc3ccccc3Cl)cc2N(CCOc2ccccc2)C1=O. The molecule has 2 amide bonds. The van der Waals surface area contributed by atoms with Crippen LogP contribution in [0.15, 0.2) is 72.8 Å². The maximum atomic E-state index is 12.8. The Bertz CT molecular complexity index is 1140. The Labute approximate surface area is 196 Å². The number of carbonyl (C=O) groups excluding carboxylic acids is 2. The lowest BCUT2D eigenvalue weighted by Crippen LogP contribution is -2.46. The Morgan fingerprint density at radius 3 is 2.61 bits per heavy atom. The summed E-state index contributed by atoms with van der Waals surface area (Å²) in [7, 11) is 0. The molecule has 1 aliphatic heterocycles. The fourth-order valence-corrected chi connectivity index (χ4v) is 3.58. The van der Waals surface area contributed by atoms with Crippen molar-refractivity contribution < 1.29 is 23.8 Å². The third-order valence-corrected chi connectivity index (χ3v) is 5.29. The van der Waals surface area contributed by atoms with E-state index in [2.05, 4.69) is 5.32 Å². The molecule has 0 aromatic heterocycles. The van der Waals surface area contributed by atoms with Gasteiger partial charge in [0.1, 0.15) is 23.9 Å². The number of benzene rings is 3. The number of hydrogen-bond donors (Lipinski definition) is 1. The van der Waals surface area contributed by atoms with Crippen LogP contribution in [-0.4, -0.2) is 37.7 Å². The van der Waals surface area contributed by atoms with Crippen molar-refractivity contribution in [1.82, 2.24) is 0 Å². The van der Waals surface area contributed by atoms with E-state index >= 15 is 0 Å². The van der Waals surface area contributed by atoms with E-state index in [9.17, 15) is 9.59 Å². The highest BCUT2D eigenvalue weighted by atomic mass is 35.5. The van der Waals surface area contributed by atoms with E-state index in [1.54, 1.807) is 54.3 Å². The fourth-order valence-electron chi connectivity index (χ4n) is 3.39. The van der Waals surface area contributed by atoms with Gasteiger partial charge in [-0.2, -0.15) is 0 Å². The number of ether oxygens (including phenoxy) is 3. The number of fused-ring (bicyclic) bond motifs is 1. The Morgan fingerprint density at radius 2 is 1.82 bits per heavy atom. The van der Waals surface area contributed by atoms with E-state index in [0.29, 0.717) is 41.0 Å². The molecule has 4 rings (SSSR count). The first kappa shape index (κ1) is 22.5. The van der Waals surface area contributed by atoms with Gasteiger partial charge in [-0.25, -0.2) is 0 Å². The van der Waals surface area contributed by atoms with Crippen molar-refractivity contribution in [3.05, 3.63) is 77.8 Å². The van der Waals surface area contributed by atoms with Crippen LogP contribution in [0, 0.1) is 0 Å². The van der Waals surface area contributed by atoms with Crippen molar-refractivity contribution in [3.8, 4) is 17.2 Å². The van der Waals surface area contributed by atoms with Crippen LogP contribution in [0.2, 0.25) is 5.02 Å². The van der Waals surface area contributed by atoms with E-state index in [1.807, 2.05) is 30.3 Å². The van der Waals surface area contributed by atoms with Gasteiger partial charge in [0.15, 0.2) is 12.7 Å². The molecule has 1 unspecified atom stereocenters. The molecule has 0 saturated heterocycles. The lowest BCUT2D eigenvalue weighted by Gasteiger charge is -2.33. The van der Waals surface area contributed by atoms with Gasteiger partial charge in [0.2, 0.25) is 0 Å². The van der Waals surface area contributed by atoms with E-state index in [0.717, 1.165) is 5.75 Å². The largest absolute Gasteiger partial charge is 0.492 e. The summed E-state index contributed by atoms with van der Waals surface area (Å²) >= 11 is 6.05. The van der Waals surface area contributed by atoms with Gasteiger partial charge in [-0.1, -0.05) is 41.9 Å². The second-order valence-electron chi connectivity index (χ2n) is 7.36. The molecule has 7 nitrogen and oxygen atoms in total. The zero-order valence-corrected chi connectivity index (χ0v) is 18.7. The van der Waals surface area contributed by atoms with Gasteiger partial charge in [-0.05, 0) is 49.4 Å². The molecule has 1 aliphatic rings. The Hall–Kier alpha value is -3.71. The predicted octanol–water partition coefficient (Wildman–Crippen LogP) is 4.55. The standard InChI is InChI=1S/C25H23ClN2O5/c1-17-25(30)28(13-14-31-19-7-3-2-4-8-19)21-15-18(11-12-23(21)33-17)27-24(29)16-32-22-10-6-5-9-20(22)26/h2-12,15,17H,13-14,16H2,1H3,(H,27,29). The smallest absolute Gasteiger partial charge is 0.267 e. The third-order valence-electron chi connectivity index (χ3n) is 4.97. The number of para-hydroxylation sites is 2. The van der Waals surface area contributed by atoms with Crippen molar-refractivity contribution in [3.63, 3.8) is 0 Å². The molecule has 3 aromatic carbocycles. The number of halogens is 1. The summed E-state index contributed by atoms with van der Waals surface area (Å²) in [6.45, 7) is 2.14. The maximum absolute atomic E-state index is 12.8. The van der Waals surface area contributed by atoms with Crippen LogP contribution >= 0.6 is 11.6 Å². The molecule has 0 aliphatic carbocycles. The van der Waals surface area contributed by atoms with Gasteiger partial charge in [-0.15, -0.1) is 0 Å². The number of nitrogens with zero attached hydrogens (tertiary/aromatic N) is 1. The average Bonchev–Trinajstić information content (AvgIpc) is 2.82. The number of nitrogens with one attached hydrogen (secondary N) is 1. The first-order valence-electron chi connectivity index (χ1n) is 10.5. The van der Waals surface area contributed by atoms with Crippen LogP contribution in [0.1, 0.15) is 6.92 Å². The fraction of sp³-hybridized carbons (Fsp3) is 0.200. The van der Waals surface area contributed by atoms with Crippen molar-refractivity contribution in [2.24, 2.45) is 0 Å². The van der Waals surface area contributed by atoms with E-state index in [-0.39, 0.29) is 18.4 Å². The molecule has 0 spiro atoms. The van der Waals surface area contributed by atoms with Crippen LogP contribution in [0.5, 0.6) is 17.2 Å². The van der Waals surface area contributed by atoms with Crippen LogP contribution in [0.3, 0.4) is 0 Å². The van der Waals surface area contributed by atoms with Gasteiger partial charge >= 0.3 is 0 Å². The molecular formula is C25H23ClN2O5. The lowest BCUT2D eigenvalue weighted by molar-refractivity contribution is -0.125. The van der Waals surface area contributed by atoms with E-state index < -0.39 is 6.10 Å². The van der Waals surface area contributed by atoms with Crippen LogP contribution in [0.25, 0.3) is 0 Å². The first-order chi connectivity index (χ1) is 16.0. The van der Waals surface area contributed by atoms with Crippen LogP contribution in [0.4, 0.5) is 11.4 Å². The van der Waals surface area contributed by atoms with E-state index in [4.69, 9.17) is 25.8 Å². The zero-order valence-electron chi connectivity index (χ0n) is 18.0. The van der Waals surface area contributed by atoms with Crippen molar-refractivity contribution >= 4 is 34.8 Å². The Balaban J connectivity index is 1.42. The average molecular weight is 467 g/mol. The molecule has 0 fully saturated rings. The monoisotopic (exact) mass is 466 g/mol. The molecule has 0 bridgehead atoms. The molecular weight excluding hydrogens is 444 g/mol. The molecule has 1 heterocycles. The molecule has 0 saturated carbocycles. The molecule has 1 atom stereocenters. The number of amides is 2. The number of hydrogen-bond acceptors (Lipinski definition) is 5. The second-order valence-corrected chi connectivity index (χ2v) is 7.77. The summed E-state index contributed by atoms with van der Waals surface area (Å²) in [5.41, 5.74) is 1.08. The highest BCUT2D eigenvalue weighted by Crippen LogP contribution is 2.36. The minimum Gasteiger partial charge on any atom is -0.492 e. The normalized spacial score (nSPS) is 14.8. The number of anilines is 2. The Morgan fingerprint density at radius 1 is 1.06 bits per heavy atom. The minimum atomic E-state index is -0.612. The number of carbonyl (C=O) groups is 2. The molecule has 33 heavy (non-hydrogen) atoms. The molecule has 0 radical (unpaired) electrons. The Kier molecular flexibility index (Phi) is 7.00.